The molecule has 0 aliphatic rings. The summed E-state index contributed by atoms with van der Waals surface area (Å²) in [5.41, 5.74) is 7.45. The molecule has 6 nitrogen and oxygen atoms in total. The Bertz CT molecular complexity index is 693. The van der Waals surface area contributed by atoms with Gasteiger partial charge in [-0.3, -0.25) is 9.59 Å². The van der Waals surface area contributed by atoms with Gasteiger partial charge < -0.3 is 15.5 Å². The maximum absolute atomic E-state index is 12.2. The Labute approximate surface area is 135 Å². The predicted octanol–water partition coefficient (Wildman–Crippen LogP) is 2.86. The van der Waals surface area contributed by atoms with Gasteiger partial charge in [0.1, 0.15) is 0 Å². The van der Waals surface area contributed by atoms with Crippen LogP contribution in [0, 0.1) is 5.92 Å². The lowest BCUT2D eigenvalue weighted by atomic mass is 10.0. The highest BCUT2D eigenvalue weighted by Crippen LogP contribution is 2.25. The molecule has 0 bridgehead atoms. The van der Waals surface area contributed by atoms with E-state index in [9.17, 15) is 9.59 Å². The van der Waals surface area contributed by atoms with Crippen LogP contribution in [0.25, 0.3) is 11.3 Å². The van der Waals surface area contributed by atoms with Gasteiger partial charge in [0.25, 0.3) is 0 Å². The van der Waals surface area contributed by atoms with Gasteiger partial charge >= 0.3 is 0 Å². The minimum absolute atomic E-state index is 0.154. The molecule has 1 aromatic heterocycles. The first kappa shape index (κ1) is 16.9. The minimum Gasteiger partial charge on any atom is -0.444 e. The fourth-order valence-corrected chi connectivity index (χ4v) is 2.30. The topological polar surface area (TPSA) is 98.2 Å². The summed E-state index contributed by atoms with van der Waals surface area (Å²) < 4.78 is 5.23. The number of rotatable bonds is 6. The molecular weight excluding hydrogens is 294 g/mol. The zero-order valence-corrected chi connectivity index (χ0v) is 13.5. The molecule has 1 unspecified atom stereocenters. The number of hydrogen-bond donors (Lipinski definition) is 2. The maximum Gasteiger partial charge on any atom is 0.241 e. The van der Waals surface area contributed by atoms with Crippen molar-refractivity contribution in [1.82, 2.24) is 4.98 Å². The van der Waals surface area contributed by atoms with Crippen LogP contribution in [0.5, 0.6) is 0 Å². The van der Waals surface area contributed by atoms with Crippen LogP contribution >= 0.6 is 0 Å². The molecule has 0 radical (unpaired) electrons. The second-order valence-electron chi connectivity index (χ2n) is 5.91. The fraction of sp³-hybridized carbons (Fsp3) is 0.353. The first-order chi connectivity index (χ1) is 10.9. The Morgan fingerprint density at radius 1 is 1.35 bits per heavy atom. The highest BCUT2D eigenvalue weighted by molar-refractivity contribution is 6.05. The van der Waals surface area contributed by atoms with Crippen molar-refractivity contribution >= 4 is 17.4 Å². The van der Waals surface area contributed by atoms with Gasteiger partial charge in [0, 0.05) is 11.1 Å². The zero-order valence-electron chi connectivity index (χ0n) is 13.5. The van der Waals surface area contributed by atoms with Gasteiger partial charge in [0.05, 0.1) is 17.9 Å². The van der Waals surface area contributed by atoms with Crippen molar-refractivity contribution < 1.29 is 14.0 Å². The maximum atomic E-state index is 12.2. The lowest BCUT2D eigenvalue weighted by Crippen LogP contribution is -2.37. The van der Waals surface area contributed by atoms with Crippen molar-refractivity contribution in [1.29, 1.82) is 0 Å². The van der Waals surface area contributed by atoms with Crippen LogP contribution in [0.3, 0.4) is 0 Å². The van der Waals surface area contributed by atoms with E-state index in [1.54, 1.807) is 24.4 Å². The van der Waals surface area contributed by atoms with Crippen molar-refractivity contribution in [3.05, 3.63) is 36.4 Å². The zero-order chi connectivity index (χ0) is 17.0. The van der Waals surface area contributed by atoms with E-state index in [1.165, 1.54) is 13.3 Å². The van der Waals surface area contributed by atoms with E-state index in [0.717, 1.165) is 5.56 Å². The summed E-state index contributed by atoms with van der Waals surface area (Å²) in [6.45, 7) is 5.45. The minimum atomic E-state index is -0.608. The van der Waals surface area contributed by atoms with Gasteiger partial charge in [0.2, 0.25) is 5.91 Å². The first-order valence-corrected chi connectivity index (χ1v) is 7.48. The second-order valence-corrected chi connectivity index (χ2v) is 5.91. The summed E-state index contributed by atoms with van der Waals surface area (Å²) in [7, 11) is 0. The van der Waals surface area contributed by atoms with Crippen LogP contribution in [0.4, 0.5) is 5.69 Å². The van der Waals surface area contributed by atoms with E-state index < -0.39 is 6.04 Å². The number of anilines is 1. The molecule has 122 valence electrons. The summed E-state index contributed by atoms with van der Waals surface area (Å²) in [6, 6.07) is 4.50. The Balaban J connectivity index is 2.25. The van der Waals surface area contributed by atoms with Crippen LogP contribution in [-0.2, 0) is 4.79 Å². The molecule has 23 heavy (non-hydrogen) atoms. The van der Waals surface area contributed by atoms with Gasteiger partial charge in [-0.15, -0.1) is 0 Å². The van der Waals surface area contributed by atoms with E-state index in [0.29, 0.717) is 29.3 Å². The molecule has 0 spiro atoms. The van der Waals surface area contributed by atoms with Crippen LogP contribution in [0.2, 0.25) is 0 Å². The molecule has 1 atom stereocenters. The van der Waals surface area contributed by atoms with Crippen molar-refractivity contribution in [2.45, 2.75) is 33.2 Å². The van der Waals surface area contributed by atoms with Crippen molar-refractivity contribution in [3.8, 4) is 11.3 Å². The third-order valence-electron chi connectivity index (χ3n) is 3.44. The Morgan fingerprint density at radius 2 is 2.09 bits per heavy atom. The number of nitrogens with zero attached hydrogens (tertiary/aromatic N) is 1. The molecule has 1 aromatic carbocycles. The monoisotopic (exact) mass is 315 g/mol. The third-order valence-corrected chi connectivity index (χ3v) is 3.44. The number of nitrogens with one attached hydrogen (secondary N) is 1. The standard InChI is InChI=1S/C17H21N3O3/c1-10(2)6-14(18)17(22)20-15-5-4-12(7-13(15)11(3)21)16-8-19-9-23-16/h4-5,7-10,14H,6,18H2,1-3H3,(H,20,22). The van der Waals surface area contributed by atoms with Gasteiger partial charge in [0.15, 0.2) is 17.9 Å². The molecule has 3 N–H and O–H groups in total. The van der Waals surface area contributed by atoms with E-state index in [2.05, 4.69) is 10.3 Å². The average molecular weight is 315 g/mol. The van der Waals surface area contributed by atoms with Gasteiger partial charge in [-0.25, -0.2) is 4.98 Å². The Morgan fingerprint density at radius 3 is 2.65 bits per heavy atom. The lowest BCUT2D eigenvalue weighted by molar-refractivity contribution is -0.117. The number of carbonyl (C=O) groups is 2. The highest BCUT2D eigenvalue weighted by atomic mass is 16.3. The van der Waals surface area contributed by atoms with E-state index in [-0.39, 0.29) is 11.7 Å². The molecule has 2 aromatic rings. The highest BCUT2D eigenvalue weighted by Gasteiger charge is 2.18. The van der Waals surface area contributed by atoms with Gasteiger partial charge in [-0.1, -0.05) is 13.8 Å². The number of Topliss-reactive ketones (excluding diaryl/α,β-unsaturated/α-hetero) is 1. The molecule has 0 fully saturated rings. The van der Waals surface area contributed by atoms with Crippen LogP contribution in [0.15, 0.2) is 35.2 Å². The van der Waals surface area contributed by atoms with Gasteiger partial charge in [-0.05, 0) is 37.5 Å². The molecule has 6 heteroatoms. The van der Waals surface area contributed by atoms with E-state index in [1.807, 2.05) is 13.8 Å². The Hall–Kier alpha value is -2.47. The number of aromatic nitrogens is 1. The summed E-state index contributed by atoms with van der Waals surface area (Å²) >= 11 is 0. The molecule has 2 rings (SSSR count). The third kappa shape index (κ3) is 4.26. The SMILES string of the molecule is CC(=O)c1cc(-c2cnco2)ccc1NC(=O)C(N)CC(C)C. The number of oxazole rings is 1. The molecular formula is C17H21N3O3. The van der Waals surface area contributed by atoms with E-state index in [4.69, 9.17) is 10.2 Å². The largest absolute Gasteiger partial charge is 0.444 e. The molecule has 0 aliphatic carbocycles. The van der Waals surface area contributed by atoms with Crippen LogP contribution in [-0.4, -0.2) is 22.7 Å². The molecule has 0 aliphatic heterocycles. The summed E-state index contributed by atoms with van der Waals surface area (Å²) in [5.74, 6) is 0.423. The van der Waals surface area contributed by atoms with Gasteiger partial charge in [-0.2, -0.15) is 0 Å². The number of ketones is 1. The predicted molar refractivity (Wildman–Crippen MR) is 88.0 cm³/mol. The summed E-state index contributed by atoms with van der Waals surface area (Å²) in [5, 5.41) is 2.74. The fourth-order valence-electron chi connectivity index (χ4n) is 2.30. The van der Waals surface area contributed by atoms with Crippen molar-refractivity contribution in [3.63, 3.8) is 0 Å². The van der Waals surface area contributed by atoms with Crippen molar-refractivity contribution in [2.24, 2.45) is 11.7 Å². The number of benzene rings is 1. The van der Waals surface area contributed by atoms with Crippen LogP contribution in [0.1, 0.15) is 37.6 Å². The number of hydrogen-bond acceptors (Lipinski definition) is 5. The molecule has 0 saturated heterocycles. The van der Waals surface area contributed by atoms with Crippen LogP contribution < -0.4 is 11.1 Å². The average Bonchev–Trinajstić information content (AvgIpc) is 3.00. The summed E-state index contributed by atoms with van der Waals surface area (Å²) in [4.78, 5) is 27.9. The smallest absolute Gasteiger partial charge is 0.241 e. The summed E-state index contributed by atoms with van der Waals surface area (Å²) in [6.07, 6.45) is 3.47. The number of carbonyl (C=O) groups excluding carboxylic acids is 2. The Kier molecular flexibility index (Phi) is 5.28. The number of amides is 1. The second kappa shape index (κ2) is 7.19. The van der Waals surface area contributed by atoms with E-state index >= 15 is 0 Å². The lowest BCUT2D eigenvalue weighted by Gasteiger charge is -2.16. The normalized spacial score (nSPS) is 12.2. The quantitative estimate of drug-likeness (QED) is 0.799. The molecule has 1 amide bonds. The molecule has 0 saturated carbocycles. The first-order valence-electron chi connectivity index (χ1n) is 7.48. The van der Waals surface area contributed by atoms with Crippen molar-refractivity contribution in [2.75, 3.05) is 5.32 Å². The molecule has 1 heterocycles. The number of nitrogens with two attached hydrogens (primary N) is 1.